The summed E-state index contributed by atoms with van der Waals surface area (Å²) in [6.45, 7) is 3.42. The molecule has 1 N–H and O–H groups in total. The first-order valence-electron chi connectivity index (χ1n) is 6.84. The third-order valence-electron chi connectivity index (χ3n) is 3.15. The molecule has 0 spiro atoms. The van der Waals surface area contributed by atoms with Crippen LogP contribution in [-0.4, -0.2) is 34.9 Å². The van der Waals surface area contributed by atoms with E-state index < -0.39 is 10.0 Å². The highest BCUT2D eigenvalue weighted by Crippen LogP contribution is 2.18. The topological polar surface area (TPSA) is 103 Å². The van der Waals surface area contributed by atoms with Crippen LogP contribution in [0.1, 0.15) is 17.1 Å². The van der Waals surface area contributed by atoms with Crippen molar-refractivity contribution in [2.75, 3.05) is 6.54 Å². The molecular weight excluding hydrogens is 338 g/mol. The largest absolute Gasteiger partial charge is 0.360 e. The zero-order chi connectivity index (χ0) is 16.4. The molecule has 3 aromatic rings. The number of thiazole rings is 1. The molecule has 0 unspecified atom stereocenters. The minimum Gasteiger partial charge on any atom is -0.360 e. The summed E-state index contributed by atoms with van der Waals surface area (Å²) in [4.78, 5) is 4.53. The molecule has 3 heterocycles. The summed E-state index contributed by atoms with van der Waals surface area (Å²) in [5.41, 5.74) is 1.16. The van der Waals surface area contributed by atoms with E-state index in [4.69, 9.17) is 4.52 Å². The predicted molar refractivity (Wildman–Crippen MR) is 84.1 cm³/mol. The van der Waals surface area contributed by atoms with E-state index >= 15 is 0 Å². The van der Waals surface area contributed by atoms with Crippen LogP contribution in [0.5, 0.6) is 0 Å². The lowest BCUT2D eigenvalue weighted by Gasteiger charge is -2.04. The van der Waals surface area contributed by atoms with Gasteiger partial charge in [-0.2, -0.15) is 5.10 Å². The van der Waals surface area contributed by atoms with Crippen LogP contribution in [0, 0.1) is 13.8 Å². The Kier molecular flexibility index (Phi) is 4.28. The molecule has 23 heavy (non-hydrogen) atoms. The SMILES string of the molecule is Cc1noc(C)c1S(=O)(=O)NCCc1csc(-n2cccn2)n1. The number of hydrogen-bond donors (Lipinski definition) is 1. The quantitative estimate of drug-likeness (QED) is 0.719. The fraction of sp³-hybridized carbons (Fsp3) is 0.308. The maximum atomic E-state index is 12.3. The van der Waals surface area contributed by atoms with Crippen LogP contribution in [0.4, 0.5) is 0 Å². The van der Waals surface area contributed by atoms with Gasteiger partial charge in [0.25, 0.3) is 0 Å². The van der Waals surface area contributed by atoms with Crippen LogP contribution in [0.2, 0.25) is 0 Å². The Bertz CT molecular complexity index is 877. The number of hydrogen-bond acceptors (Lipinski definition) is 7. The number of nitrogens with one attached hydrogen (secondary N) is 1. The Balaban J connectivity index is 1.64. The molecule has 0 fully saturated rings. The van der Waals surface area contributed by atoms with E-state index in [1.54, 1.807) is 24.7 Å². The molecule has 0 saturated heterocycles. The minimum atomic E-state index is -3.63. The van der Waals surface area contributed by atoms with Gasteiger partial charge in [0.05, 0.1) is 5.69 Å². The first kappa shape index (κ1) is 15.8. The average Bonchev–Trinajstić information content (AvgIpc) is 3.19. The zero-order valence-corrected chi connectivity index (χ0v) is 14.2. The first-order valence-corrected chi connectivity index (χ1v) is 9.20. The van der Waals surface area contributed by atoms with Gasteiger partial charge in [0.15, 0.2) is 5.76 Å². The number of nitrogens with zero attached hydrogens (tertiary/aromatic N) is 4. The highest BCUT2D eigenvalue weighted by molar-refractivity contribution is 7.89. The van der Waals surface area contributed by atoms with Crippen LogP contribution >= 0.6 is 11.3 Å². The van der Waals surface area contributed by atoms with Crippen molar-refractivity contribution in [2.45, 2.75) is 25.2 Å². The van der Waals surface area contributed by atoms with E-state index in [1.807, 2.05) is 17.6 Å². The summed E-state index contributed by atoms with van der Waals surface area (Å²) >= 11 is 1.45. The molecule has 0 saturated carbocycles. The van der Waals surface area contributed by atoms with Gasteiger partial charge in [-0.15, -0.1) is 11.3 Å². The molecule has 3 aromatic heterocycles. The molecule has 0 bridgehead atoms. The van der Waals surface area contributed by atoms with Crippen molar-refractivity contribution in [3.63, 3.8) is 0 Å². The number of aromatic nitrogens is 4. The van der Waals surface area contributed by atoms with Gasteiger partial charge in [0.1, 0.15) is 10.6 Å². The summed E-state index contributed by atoms with van der Waals surface area (Å²) in [6, 6.07) is 1.82. The molecule has 0 aromatic carbocycles. The van der Waals surface area contributed by atoms with E-state index in [2.05, 4.69) is 20.0 Å². The first-order chi connectivity index (χ1) is 11.0. The van der Waals surface area contributed by atoms with Crippen LogP contribution in [-0.2, 0) is 16.4 Å². The fourth-order valence-electron chi connectivity index (χ4n) is 2.14. The summed E-state index contributed by atoms with van der Waals surface area (Å²) in [6.07, 6.45) is 3.97. The van der Waals surface area contributed by atoms with Gasteiger partial charge in [-0.25, -0.2) is 22.8 Å². The maximum Gasteiger partial charge on any atom is 0.245 e. The second kappa shape index (κ2) is 6.22. The van der Waals surface area contributed by atoms with Gasteiger partial charge in [0.2, 0.25) is 15.2 Å². The summed E-state index contributed by atoms with van der Waals surface area (Å²) < 4.78 is 33.7. The number of sulfonamides is 1. The third-order valence-corrected chi connectivity index (χ3v) is 5.73. The lowest BCUT2D eigenvalue weighted by molar-refractivity contribution is 0.390. The molecule has 0 aliphatic rings. The second-order valence-corrected chi connectivity index (χ2v) is 7.41. The van der Waals surface area contributed by atoms with Gasteiger partial charge < -0.3 is 4.52 Å². The normalized spacial score (nSPS) is 11.9. The molecule has 0 amide bonds. The molecular formula is C13H15N5O3S2. The van der Waals surface area contributed by atoms with Gasteiger partial charge in [-0.05, 0) is 19.9 Å². The molecule has 0 aliphatic carbocycles. The van der Waals surface area contributed by atoms with Crippen molar-refractivity contribution in [1.29, 1.82) is 0 Å². The molecule has 8 nitrogen and oxygen atoms in total. The number of aryl methyl sites for hydroxylation is 2. The van der Waals surface area contributed by atoms with E-state index in [1.165, 1.54) is 11.3 Å². The van der Waals surface area contributed by atoms with E-state index in [0.717, 1.165) is 10.8 Å². The monoisotopic (exact) mass is 353 g/mol. The van der Waals surface area contributed by atoms with E-state index in [9.17, 15) is 8.42 Å². The van der Waals surface area contributed by atoms with E-state index in [-0.39, 0.29) is 17.2 Å². The Morgan fingerprint density at radius 2 is 2.22 bits per heavy atom. The summed E-state index contributed by atoms with van der Waals surface area (Å²) in [5, 5.41) is 10.4. The van der Waals surface area contributed by atoms with Crippen LogP contribution in [0.3, 0.4) is 0 Å². The predicted octanol–water partition coefficient (Wildman–Crippen LogP) is 1.45. The Labute approximate surface area is 137 Å². The Hall–Kier alpha value is -2.04. The molecule has 122 valence electrons. The Morgan fingerprint density at radius 3 is 2.87 bits per heavy atom. The van der Waals surface area contributed by atoms with E-state index in [0.29, 0.717) is 12.1 Å². The molecule has 10 heteroatoms. The van der Waals surface area contributed by atoms with Crippen molar-refractivity contribution >= 4 is 21.4 Å². The fourth-order valence-corrected chi connectivity index (χ4v) is 4.30. The lowest BCUT2D eigenvalue weighted by Crippen LogP contribution is -2.26. The highest BCUT2D eigenvalue weighted by Gasteiger charge is 2.23. The molecule has 3 rings (SSSR count). The summed E-state index contributed by atoms with van der Waals surface area (Å²) in [5.74, 6) is 0.282. The zero-order valence-electron chi connectivity index (χ0n) is 12.6. The van der Waals surface area contributed by atoms with Crippen molar-refractivity contribution in [3.05, 3.63) is 41.0 Å². The van der Waals surface area contributed by atoms with Gasteiger partial charge >= 0.3 is 0 Å². The van der Waals surface area contributed by atoms with Gasteiger partial charge in [-0.1, -0.05) is 5.16 Å². The number of rotatable bonds is 6. The molecule has 0 aliphatic heterocycles. The minimum absolute atomic E-state index is 0.105. The van der Waals surface area contributed by atoms with Gasteiger partial charge in [-0.3, -0.25) is 0 Å². The van der Waals surface area contributed by atoms with Crippen LogP contribution in [0.25, 0.3) is 5.13 Å². The molecule has 0 atom stereocenters. The van der Waals surface area contributed by atoms with Gasteiger partial charge in [0, 0.05) is 30.7 Å². The summed E-state index contributed by atoms with van der Waals surface area (Å²) in [7, 11) is -3.63. The van der Waals surface area contributed by atoms with Crippen molar-refractivity contribution in [3.8, 4) is 5.13 Å². The smallest absolute Gasteiger partial charge is 0.245 e. The standard InChI is InChI=1S/C13H15N5O3S2/c1-9-12(10(2)21-17-9)23(19,20)15-6-4-11-8-22-13(16-11)18-7-3-5-14-18/h3,5,7-8,15H,4,6H2,1-2H3. The average molecular weight is 353 g/mol. The van der Waals surface area contributed by atoms with Crippen molar-refractivity contribution in [1.82, 2.24) is 24.6 Å². The maximum absolute atomic E-state index is 12.3. The lowest BCUT2D eigenvalue weighted by atomic mass is 10.3. The van der Waals surface area contributed by atoms with Crippen molar-refractivity contribution in [2.24, 2.45) is 0 Å². The third kappa shape index (κ3) is 3.33. The van der Waals surface area contributed by atoms with Crippen molar-refractivity contribution < 1.29 is 12.9 Å². The molecule has 0 radical (unpaired) electrons. The second-order valence-electron chi connectivity index (χ2n) is 4.87. The Morgan fingerprint density at radius 1 is 1.39 bits per heavy atom. The van der Waals surface area contributed by atoms with Crippen LogP contribution < -0.4 is 4.72 Å². The van der Waals surface area contributed by atoms with Crippen LogP contribution in [0.15, 0.2) is 33.3 Å². The highest BCUT2D eigenvalue weighted by atomic mass is 32.2.